The van der Waals surface area contributed by atoms with Crippen molar-refractivity contribution in [1.82, 2.24) is 45.0 Å². The monoisotopic (exact) mass is 713 g/mol. The second-order valence-electron chi connectivity index (χ2n) is 12.9. The van der Waals surface area contributed by atoms with Crippen LogP contribution in [0.25, 0.3) is 66.4 Å². The van der Waals surface area contributed by atoms with Crippen LogP contribution in [0, 0.1) is 0 Å². The van der Waals surface area contributed by atoms with Crippen LogP contribution in [0.3, 0.4) is 0 Å². The van der Waals surface area contributed by atoms with E-state index in [-0.39, 0.29) is 11.8 Å². The van der Waals surface area contributed by atoms with Gasteiger partial charge in [0.2, 0.25) is 0 Å². The summed E-state index contributed by atoms with van der Waals surface area (Å²) in [6.07, 6.45) is 11.0. The van der Waals surface area contributed by atoms with Crippen LogP contribution in [-0.4, -0.2) is 45.0 Å². The van der Waals surface area contributed by atoms with Gasteiger partial charge in [0.15, 0.2) is 0 Å². The number of nitrogens with zero attached hydrogens (tertiary/aromatic N) is 9. The Balaban J connectivity index is 0.000000141. The molecular formula is C41H31N9O2S. The van der Waals surface area contributed by atoms with Crippen LogP contribution in [0.2, 0.25) is 0 Å². The second kappa shape index (κ2) is 13.5. The van der Waals surface area contributed by atoms with Gasteiger partial charge in [-0.1, -0.05) is 48.4 Å². The molecule has 10 rings (SSSR count). The van der Waals surface area contributed by atoms with Crippen LogP contribution >= 0.6 is 11.3 Å². The lowest BCUT2D eigenvalue weighted by Gasteiger charge is -2.10. The normalized spacial score (nSPS) is 12.7. The molecule has 2 aromatic carbocycles. The molecule has 0 aliphatic carbocycles. The van der Waals surface area contributed by atoms with Crippen molar-refractivity contribution in [2.24, 2.45) is 7.05 Å². The van der Waals surface area contributed by atoms with E-state index >= 15 is 0 Å². The molecule has 8 aromatic heterocycles. The highest BCUT2D eigenvalue weighted by Gasteiger charge is 2.21. The Bertz CT molecular complexity index is 2880. The molecule has 10 aromatic rings. The van der Waals surface area contributed by atoms with E-state index in [0.29, 0.717) is 11.4 Å². The first kappa shape index (κ1) is 32.3. The molecule has 0 fully saturated rings. The summed E-state index contributed by atoms with van der Waals surface area (Å²) >= 11 is 1.57. The van der Waals surface area contributed by atoms with Gasteiger partial charge in [-0.15, -0.1) is 11.3 Å². The van der Waals surface area contributed by atoms with Crippen molar-refractivity contribution in [2.75, 3.05) is 0 Å². The summed E-state index contributed by atoms with van der Waals surface area (Å²) in [6, 6.07) is 24.8. The van der Waals surface area contributed by atoms with Crippen molar-refractivity contribution >= 4 is 55.3 Å². The third-order valence-corrected chi connectivity index (χ3v) is 10.1. The van der Waals surface area contributed by atoms with E-state index in [1.54, 1.807) is 28.4 Å². The number of benzene rings is 2. The van der Waals surface area contributed by atoms with Crippen molar-refractivity contribution in [2.45, 2.75) is 25.7 Å². The molecule has 0 radical (unpaired) electrons. The van der Waals surface area contributed by atoms with Crippen molar-refractivity contribution in [3.05, 3.63) is 143 Å². The Hall–Kier alpha value is -6.66. The van der Waals surface area contributed by atoms with E-state index < -0.39 is 0 Å². The van der Waals surface area contributed by atoms with Gasteiger partial charge < -0.3 is 9.05 Å². The predicted molar refractivity (Wildman–Crippen MR) is 205 cm³/mol. The SMILES string of the molecule is C[C@@H](c1ccc2ncccc2c1)c1noc2ncc(-c3cnn(C)c3)cc12.C[C@@H](c1ccc2ncccc2c1)c1noc2ncc(-c3cscn3)cc12. The maximum absolute atomic E-state index is 5.48. The third-order valence-electron chi connectivity index (χ3n) is 9.56. The molecule has 258 valence electrons. The quantitative estimate of drug-likeness (QED) is 0.164. The molecule has 53 heavy (non-hydrogen) atoms. The van der Waals surface area contributed by atoms with Gasteiger partial charge in [0.1, 0.15) is 11.4 Å². The molecule has 2 atom stereocenters. The molecule has 0 N–H and O–H groups in total. The summed E-state index contributed by atoms with van der Waals surface area (Å²) in [7, 11) is 1.90. The second-order valence-corrected chi connectivity index (χ2v) is 13.6. The molecule has 0 saturated heterocycles. The number of thiazole rings is 1. The molecule has 0 spiro atoms. The van der Waals surface area contributed by atoms with Crippen LogP contribution in [0.15, 0.2) is 130 Å². The zero-order valence-corrected chi connectivity index (χ0v) is 29.8. The van der Waals surface area contributed by atoms with Gasteiger partial charge in [0, 0.05) is 82.7 Å². The third kappa shape index (κ3) is 6.19. The molecule has 8 heterocycles. The molecule has 0 aliphatic rings. The van der Waals surface area contributed by atoms with Crippen LogP contribution < -0.4 is 0 Å². The zero-order valence-electron chi connectivity index (χ0n) is 29.0. The van der Waals surface area contributed by atoms with Gasteiger partial charge in [-0.2, -0.15) is 5.10 Å². The summed E-state index contributed by atoms with van der Waals surface area (Å²) in [4.78, 5) is 22.0. The highest BCUT2D eigenvalue weighted by atomic mass is 32.1. The number of fused-ring (bicyclic) bond motifs is 4. The first-order chi connectivity index (χ1) is 26.0. The van der Waals surface area contributed by atoms with Gasteiger partial charge in [-0.3, -0.25) is 14.6 Å². The van der Waals surface area contributed by atoms with Gasteiger partial charge in [0.05, 0.1) is 39.2 Å². The molecule has 0 amide bonds. The standard InChI is InChI=1S/C21H17N5O.C20H14N4OS/c1-13(14-5-6-19-15(8-14)4-3-7-22-19)20-18-9-16(10-23-21(18)27-25-20)17-11-24-26(2)12-17;1-12(13-4-5-17-14(7-13)3-2-6-21-17)19-16-8-15(18-10-26-11-23-18)9-22-20(16)25-24-19/h3-13H,1-2H3;2-12H,1H3/t13-;12-/m00/s1. The van der Waals surface area contributed by atoms with Crippen molar-refractivity contribution in [3.63, 3.8) is 0 Å². The summed E-state index contributed by atoms with van der Waals surface area (Å²) in [5, 5.41) is 19.0. The van der Waals surface area contributed by atoms with E-state index in [1.807, 2.05) is 67.0 Å². The maximum Gasteiger partial charge on any atom is 0.257 e. The minimum Gasteiger partial charge on any atom is -0.336 e. The summed E-state index contributed by atoms with van der Waals surface area (Å²) in [5.74, 6) is 0.148. The Kier molecular flexibility index (Phi) is 8.20. The molecule has 0 aliphatic heterocycles. The van der Waals surface area contributed by atoms with Crippen molar-refractivity contribution in [1.29, 1.82) is 0 Å². The van der Waals surface area contributed by atoms with E-state index in [9.17, 15) is 0 Å². The highest BCUT2D eigenvalue weighted by molar-refractivity contribution is 7.07. The largest absolute Gasteiger partial charge is 0.336 e. The fourth-order valence-electron chi connectivity index (χ4n) is 6.59. The maximum atomic E-state index is 5.48. The average Bonchev–Trinajstić information content (AvgIpc) is 4.04. The van der Waals surface area contributed by atoms with Gasteiger partial charge in [-0.05, 0) is 59.7 Å². The van der Waals surface area contributed by atoms with Gasteiger partial charge in [0.25, 0.3) is 11.4 Å². The lowest BCUT2D eigenvalue weighted by molar-refractivity contribution is 0.436. The molecular weight excluding hydrogens is 683 g/mol. The number of aromatic nitrogens is 9. The van der Waals surface area contributed by atoms with Crippen LogP contribution in [-0.2, 0) is 7.05 Å². The van der Waals surface area contributed by atoms with Gasteiger partial charge in [-0.25, -0.2) is 15.0 Å². The topological polar surface area (TPSA) is 134 Å². The zero-order chi connectivity index (χ0) is 35.9. The van der Waals surface area contributed by atoms with Crippen LogP contribution in [0.4, 0.5) is 0 Å². The fraction of sp³-hybridized carbons (Fsp3) is 0.122. The van der Waals surface area contributed by atoms with Crippen molar-refractivity contribution in [3.8, 4) is 22.4 Å². The lowest BCUT2D eigenvalue weighted by Crippen LogP contribution is -1.97. The minimum atomic E-state index is 0.0711. The molecule has 12 heteroatoms. The number of hydrogen-bond acceptors (Lipinski definition) is 11. The number of hydrogen-bond donors (Lipinski definition) is 0. The first-order valence-electron chi connectivity index (χ1n) is 17.1. The Morgan fingerprint density at radius 1 is 0.623 bits per heavy atom. The lowest BCUT2D eigenvalue weighted by atomic mass is 9.94. The fourth-order valence-corrected chi connectivity index (χ4v) is 7.15. The number of pyridine rings is 4. The van der Waals surface area contributed by atoms with Crippen LogP contribution in [0.1, 0.15) is 48.2 Å². The smallest absolute Gasteiger partial charge is 0.257 e. The molecule has 0 saturated carbocycles. The molecule has 0 unspecified atom stereocenters. The predicted octanol–water partition coefficient (Wildman–Crippen LogP) is 9.37. The van der Waals surface area contributed by atoms with Crippen molar-refractivity contribution < 1.29 is 9.05 Å². The Morgan fingerprint density at radius 2 is 1.21 bits per heavy atom. The number of rotatable bonds is 6. The highest BCUT2D eigenvalue weighted by Crippen LogP contribution is 2.34. The average molecular weight is 714 g/mol. The van der Waals surface area contributed by atoms with E-state index in [0.717, 1.165) is 71.9 Å². The summed E-state index contributed by atoms with van der Waals surface area (Å²) in [6.45, 7) is 4.26. The summed E-state index contributed by atoms with van der Waals surface area (Å²) in [5.41, 5.74) is 12.9. The molecule has 11 nitrogen and oxygen atoms in total. The Labute approximate surface area is 307 Å². The summed E-state index contributed by atoms with van der Waals surface area (Å²) < 4.78 is 12.7. The minimum absolute atomic E-state index is 0.0711. The van der Waals surface area contributed by atoms with Crippen LogP contribution in [0.5, 0.6) is 0 Å². The Morgan fingerprint density at radius 3 is 1.75 bits per heavy atom. The number of aryl methyl sites for hydroxylation is 1. The molecule has 0 bridgehead atoms. The van der Waals surface area contributed by atoms with Gasteiger partial charge >= 0.3 is 0 Å². The first-order valence-corrected chi connectivity index (χ1v) is 18.0. The van der Waals surface area contributed by atoms with E-state index in [2.05, 4.69) is 103 Å². The van der Waals surface area contributed by atoms with E-state index in [4.69, 9.17) is 9.05 Å². The van der Waals surface area contributed by atoms with E-state index in [1.165, 1.54) is 5.56 Å².